The summed E-state index contributed by atoms with van der Waals surface area (Å²) >= 11 is 4.67. The Labute approximate surface area is 116 Å². The lowest BCUT2D eigenvalue weighted by Gasteiger charge is -2.19. The van der Waals surface area contributed by atoms with Gasteiger partial charge in [-0.15, -0.1) is 0 Å². The molecule has 0 saturated carbocycles. The topological polar surface area (TPSA) is 93.8 Å². The van der Waals surface area contributed by atoms with Crippen molar-refractivity contribution < 1.29 is 13.2 Å². The minimum atomic E-state index is -3.27. The first-order valence-corrected chi connectivity index (χ1v) is 7.53. The van der Waals surface area contributed by atoms with Crippen molar-refractivity contribution in [2.24, 2.45) is 10.8 Å². The summed E-state index contributed by atoms with van der Waals surface area (Å²) in [7, 11) is -1.75. The van der Waals surface area contributed by atoms with Gasteiger partial charge in [0, 0.05) is 12.0 Å². The molecule has 1 aromatic carbocycles. The smallest absolute Gasteiger partial charge is 0.184 e. The minimum absolute atomic E-state index is 0.0180. The van der Waals surface area contributed by atoms with Crippen LogP contribution in [0.25, 0.3) is 0 Å². The summed E-state index contributed by atoms with van der Waals surface area (Å²) in [6.45, 7) is 0. The number of fused-ring (bicyclic) bond motifs is 1. The van der Waals surface area contributed by atoms with Crippen LogP contribution in [0.5, 0.6) is 5.75 Å². The fourth-order valence-corrected chi connectivity index (χ4v) is 3.36. The van der Waals surface area contributed by atoms with Crippen LogP contribution in [0.2, 0.25) is 0 Å². The Morgan fingerprint density at radius 1 is 1.53 bits per heavy atom. The molecule has 0 aromatic heterocycles. The number of benzene rings is 1. The maximum absolute atomic E-state index is 12.0. The predicted octanol–water partition coefficient (Wildman–Crippen LogP) is 0.410. The Balaban J connectivity index is 2.54. The second-order valence-electron chi connectivity index (χ2n) is 3.97. The number of nitrogens with two attached hydrogens (primary N) is 1. The maximum Gasteiger partial charge on any atom is 0.184 e. The molecule has 0 atom stereocenters. The lowest BCUT2D eigenvalue weighted by atomic mass is 10.1. The number of nitrogens with one attached hydrogen (secondary N) is 1. The molecular formula is C11H13N3O3S2. The van der Waals surface area contributed by atoms with E-state index in [1.807, 2.05) is 0 Å². The zero-order chi connectivity index (χ0) is 14.0. The standard InChI is InChI=1S/C11H13N3O3S2/c1-17-7-2-3-10-8(6-7)9(13-14-11(12)18)4-5-19(10,15)16/h2-3,6H,4-5H2,1H3,(H3,12,14,18)/b13-9+. The van der Waals surface area contributed by atoms with Crippen molar-refractivity contribution in [1.82, 2.24) is 5.43 Å². The monoisotopic (exact) mass is 299 g/mol. The van der Waals surface area contributed by atoms with E-state index in [0.29, 0.717) is 23.4 Å². The molecule has 0 amide bonds. The first-order valence-electron chi connectivity index (χ1n) is 5.47. The van der Waals surface area contributed by atoms with Crippen LogP contribution >= 0.6 is 12.2 Å². The normalized spacial score (nSPS) is 18.7. The van der Waals surface area contributed by atoms with E-state index in [1.165, 1.54) is 13.2 Å². The van der Waals surface area contributed by atoms with Crippen LogP contribution in [0, 0.1) is 0 Å². The van der Waals surface area contributed by atoms with Crippen LogP contribution in [0.3, 0.4) is 0 Å². The van der Waals surface area contributed by atoms with Crippen LogP contribution in [-0.4, -0.2) is 32.1 Å². The number of hydrogen-bond acceptors (Lipinski definition) is 5. The van der Waals surface area contributed by atoms with E-state index in [4.69, 9.17) is 10.5 Å². The van der Waals surface area contributed by atoms with E-state index in [-0.39, 0.29) is 15.8 Å². The molecule has 0 bridgehead atoms. The molecule has 6 nitrogen and oxygen atoms in total. The molecule has 2 rings (SSSR count). The summed E-state index contributed by atoms with van der Waals surface area (Å²) in [5.41, 5.74) is 8.91. The molecule has 3 N–H and O–H groups in total. The zero-order valence-electron chi connectivity index (χ0n) is 10.2. The van der Waals surface area contributed by atoms with E-state index < -0.39 is 9.84 Å². The first-order chi connectivity index (χ1) is 8.94. The number of hydrazone groups is 1. The highest BCUT2D eigenvalue weighted by atomic mass is 32.2. The molecule has 0 radical (unpaired) electrons. The fourth-order valence-electron chi connectivity index (χ4n) is 1.85. The molecule has 1 aromatic rings. The first kappa shape index (κ1) is 13.8. The van der Waals surface area contributed by atoms with Gasteiger partial charge in [0.1, 0.15) is 5.75 Å². The van der Waals surface area contributed by atoms with Crippen LogP contribution in [0.15, 0.2) is 28.2 Å². The second-order valence-corrected chi connectivity index (χ2v) is 6.48. The SMILES string of the molecule is COc1ccc2c(c1)/C(=N/NC(N)=S)CCS2(=O)=O. The van der Waals surface area contributed by atoms with E-state index in [0.717, 1.165) is 0 Å². The summed E-state index contributed by atoms with van der Waals surface area (Å²) in [5.74, 6) is 0.586. The van der Waals surface area contributed by atoms with Crippen molar-refractivity contribution in [2.75, 3.05) is 12.9 Å². The number of hydrogen-bond donors (Lipinski definition) is 2. The van der Waals surface area contributed by atoms with Crippen LogP contribution in [0.4, 0.5) is 0 Å². The van der Waals surface area contributed by atoms with Crippen molar-refractivity contribution in [3.63, 3.8) is 0 Å². The molecule has 19 heavy (non-hydrogen) atoms. The van der Waals surface area contributed by atoms with E-state index in [9.17, 15) is 8.42 Å². The van der Waals surface area contributed by atoms with Crippen molar-refractivity contribution in [3.8, 4) is 5.75 Å². The van der Waals surface area contributed by atoms with E-state index in [1.54, 1.807) is 12.1 Å². The number of thiocarbonyl (C=S) groups is 1. The third-order valence-electron chi connectivity index (χ3n) is 2.74. The fraction of sp³-hybridized carbons (Fsp3) is 0.273. The van der Waals surface area contributed by atoms with Gasteiger partial charge in [0.05, 0.1) is 23.5 Å². The largest absolute Gasteiger partial charge is 0.497 e. The third-order valence-corrected chi connectivity index (χ3v) is 4.60. The number of methoxy groups -OCH3 is 1. The van der Waals surface area contributed by atoms with E-state index >= 15 is 0 Å². The molecule has 0 aliphatic carbocycles. The molecule has 0 unspecified atom stereocenters. The average molecular weight is 299 g/mol. The predicted molar refractivity (Wildman–Crippen MR) is 76.1 cm³/mol. The Kier molecular flexibility index (Phi) is 3.72. The van der Waals surface area contributed by atoms with Gasteiger partial charge < -0.3 is 10.5 Å². The van der Waals surface area contributed by atoms with Crippen LogP contribution in [-0.2, 0) is 9.84 Å². The lowest BCUT2D eigenvalue weighted by Crippen LogP contribution is -2.28. The molecule has 8 heteroatoms. The zero-order valence-corrected chi connectivity index (χ0v) is 11.8. The van der Waals surface area contributed by atoms with Gasteiger partial charge in [0.2, 0.25) is 0 Å². The summed E-state index contributed by atoms with van der Waals surface area (Å²) in [6.07, 6.45) is 0.304. The van der Waals surface area contributed by atoms with Gasteiger partial charge in [-0.2, -0.15) is 5.10 Å². The Bertz CT molecular complexity index is 653. The summed E-state index contributed by atoms with van der Waals surface area (Å²) in [4.78, 5) is 0.253. The molecular weight excluding hydrogens is 286 g/mol. The van der Waals surface area contributed by atoms with Gasteiger partial charge in [-0.25, -0.2) is 8.42 Å². The number of ether oxygens (including phenoxy) is 1. The minimum Gasteiger partial charge on any atom is -0.497 e. The molecule has 1 heterocycles. The van der Waals surface area contributed by atoms with Crippen LogP contribution < -0.4 is 15.9 Å². The highest BCUT2D eigenvalue weighted by Gasteiger charge is 2.28. The molecule has 0 spiro atoms. The highest BCUT2D eigenvalue weighted by Crippen LogP contribution is 2.28. The van der Waals surface area contributed by atoms with Gasteiger partial charge in [-0.3, -0.25) is 5.43 Å². The van der Waals surface area contributed by atoms with Gasteiger partial charge in [0.25, 0.3) is 0 Å². The summed E-state index contributed by atoms with van der Waals surface area (Å²) in [5, 5.41) is 4.08. The van der Waals surface area contributed by atoms with Crippen molar-refractivity contribution in [2.45, 2.75) is 11.3 Å². The molecule has 0 saturated heterocycles. The summed E-state index contributed by atoms with van der Waals surface area (Å²) in [6, 6.07) is 4.78. The highest BCUT2D eigenvalue weighted by molar-refractivity contribution is 7.91. The number of rotatable bonds is 2. The Hall–Kier alpha value is -1.67. The quantitative estimate of drug-likeness (QED) is 0.607. The van der Waals surface area contributed by atoms with Crippen molar-refractivity contribution >= 4 is 32.9 Å². The Morgan fingerprint density at radius 3 is 2.89 bits per heavy atom. The molecule has 0 fully saturated rings. The van der Waals surface area contributed by atoms with Crippen molar-refractivity contribution in [3.05, 3.63) is 23.8 Å². The molecule has 1 aliphatic heterocycles. The molecule has 1 aliphatic rings. The van der Waals surface area contributed by atoms with Crippen LogP contribution in [0.1, 0.15) is 12.0 Å². The lowest BCUT2D eigenvalue weighted by molar-refractivity contribution is 0.414. The Morgan fingerprint density at radius 2 is 2.26 bits per heavy atom. The van der Waals surface area contributed by atoms with Gasteiger partial charge >= 0.3 is 0 Å². The molecule has 102 valence electrons. The third kappa shape index (κ3) is 2.85. The maximum atomic E-state index is 12.0. The second kappa shape index (κ2) is 5.14. The van der Waals surface area contributed by atoms with Crippen molar-refractivity contribution in [1.29, 1.82) is 0 Å². The summed E-state index contributed by atoms with van der Waals surface area (Å²) < 4.78 is 29.1. The van der Waals surface area contributed by atoms with Gasteiger partial charge in [0.15, 0.2) is 14.9 Å². The average Bonchev–Trinajstić information content (AvgIpc) is 2.37. The van der Waals surface area contributed by atoms with Gasteiger partial charge in [-0.1, -0.05) is 0 Å². The number of nitrogens with zero attached hydrogens (tertiary/aromatic N) is 1. The number of sulfone groups is 1. The van der Waals surface area contributed by atoms with E-state index in [2.05, 4.69) is 22.7 Å². The van der Waals surface area contributed by atoms with Gasteiger partial charge in [-0.05, 0) is 30.4 Å².